The van der Waals surface area contributed by atoms with Crippen molar-refractivity contribution in [2.75, 3.05) is 38.2 Å². The molecule has 1 aliphatic rings. The average Bonchev–Trinajstić information content (AvgIpc) is 2.58. The summed E-state index contributed by atoms with van der Waals surface area (Å²) in [4.78, 5) is 28.3. The summed E-state index contributed by atoms with van der Waals surface area (Å²) < 4.78 is 0. The number of piperazine rings is 1. The van der Waals surface area contributed by atoms with Gasteiger partial charge in [0.05, 0.1) is 16.6 Å². The van der Waals surface area contributed by atoms with Gasteiger partial charge in [-0.2, -0.15) is 11.8 Å². The van der Waals surface area contributed by atoms with Crippen LogP contribution >= 0.6 is 47.4 Å². The quantitative estimate of drug-likeness (QED) is 0.786. The van der Waals surface area contributed by atoms with Crippen LogP contribution in [0.1, 0.15) is 16.8 Å². The number of hydrogen-bond acceptors (Lipinski definition) is 4. The Morgan fingerprint density at radius 1 is 1.20 bits per heavy atom. The molecule has 140 valence electrons. The van der Waals surface area contributed by atoms with E-state index in [0.29, 0.717) is 48.2 Å². The van der Waals surface area contributed by atoms with Gasteiger partial charge in [0.15, 0.2) is 0 Å². The SMILES string of the molecule is CSCC[C@H](N)C(=O)N1CCN(C(=O)c2ccc(Cl)cc2Cl)CC1.Cl. The van der Waals surface area contributed by atoms with Crippen LogP contribution in [-0.2, 0) is 4.79 Å². The van der Waals surface area contributed by atoms with Gasteiger partial charge in [-0.25, -0.2) is 0 Å². The van der Waals surface area contributed by atoms with Gasteiger partial charge < -0.3 is 15.5 Å². The second-order valence-electron chi connectivity index (χ2n) is 5.63. The third-order valence-corrected chi connectivity index (χ3v) is 5.18. The van der Waals surface area contributed by atoms with E-state index < -0.39 is 6.04 Å². The van der Waals surface area contributed by atoms with Crippen LogP contribution in [-0.4, -0.2) is 65.8 Å². The molecule has 1 aromatic rings. The zero-order valence-electron chi connectivity index (χ0n) is 13.9. The van der Waals surface area contributed by atoms with Crippen LogP contribution in [0, 0.1) is 0 Å². The van der Waals surface area contributed by atoms with E-state index >= 15 is 0 Å². The maximum Gasteiger partial charge on any atom is 0.255 e. The van der Waals surface area contributed by atoms with E-state index in [1.54, 1.807) is 39.8 Å². The Morgan fingerprint density at radius 3 is 2.36 bits per heavy atom. The van der Waals surface area contributed by atoms with E-state index in [-0.39, 0.29) is 24.2 Å². The molecule has 2 N–H and O–H groups in total. The first-order chi connectivity index (χ1) is 11.4. The summed E-state index contributed by atoms with van der Waals surface area (Å²) in [5.74, 6) is 0.677. The number of nitrogens with two attached hydrogens (primary N) is 1. The number of thioether (sulfide) groups is 1. The molecule has 0 aliphatic carbocycles. The Bertz CT molecular complexity index is 610. The number of rotatable bonds is 5. The molecule has 1 heterocycles. The van der Waals surface area contributed by atoms with Gasteiger partial charge in [0, 0.05) is 31.2 Å². The maximum atomic E-state index is 12.6. The van der Waals surface area contributed by atoms with Gasteiger partial charge in [-0.05, 0) is 36.6 Å². The summed E-state index contributed by atoms with van der Waals surface area (Å²) in [6.45, 7) is 1.92. The lowest BCUT2D eigenvalue weighted by Gasteiger charge is -2.36. The van der Waals surface area contributed by atoms with Crippen LogP contribution in [0.4, 0.5) is 0 Å². The lowest BCUT2D eigenvalue weighted by atomic mass is 10.1. The van der Waals surface area contributed by atoms with Crippen molar-refractivity contribution >= 4 is 59.2 Å². The number of carbonyl (C=O) groups excluding carboxylic acids is 2. The number of hydrogen-bond donors (Lipinski definition) is 1. The highest BCUT2D eigenvalue weighted by molar-refractivity contribution is 7.98. The van der Waals surface area contributed by atoms with E-state index in [4.69, 9.17) is 28.9 Å². The molecule has 1 fully saturated rings. The standard InChI is InChI=1S/C16H21Cl2N3O2S.ClH/c1-24-9-4-14(19)16(23)21-7-5-20(6-8-21)15(22)12-3-2-11(17)10-13(12)18;/h2-3,10,14H,4-9,19H2,1H3;1H/t14-;/m0./s1. The van der Waals surface area contributed by atoms with Crippen LogP contribution in [0.3, 0.4) is 0 Å². The molecule has 5 nitrogen and oxygen atoms in total. The normalized spacial score (nSPS) is 15.5. The second kappa shape index (κ2) is 10.5. The molecule has 1 saturated heterocycles. The molecule has 0 radical (unpaired) electrons. The molecule has 1 aromatic carbocycles. The monoisotopic (exact) mass is 425 g/mol. The average molecular weight is 427 g/mol. The topological polar surface area (TPSA) is 66.6 Å². The van der Waals surface area contributed by atoms with Gasteiger partial charge in [0.25, 0.3) is 5.91 Å². The number of carbonyl (C=O) groups is 2. The molecule has 0 unspecified atom stereocenters. The van der Waals surface area contributed by atoms with Gasteiger partial charge in [-0.1, -0.05) is 23.2 Å². The molecule has 0 saturated carbocycles. The van der Waals surface area contributed by atoms with Crippen molar-refractivity contribution in [3.8, 4) is 0 Å². The lowest BCUT2D eigenvalue weighted by Crippen LogP contribution is -2.54. The molecule has 9 heteroatoms. The Balaban J connectivity index is 0.00000312. The fourth-order valence-electron chi connectivity index (χ4n) is 2.57. The highest BCUT2D eigenvalue weighted by atomic mass is 35.5. The Hall–Kier alpha value is -0.660. The van der Waals surface area contributed by atoms with Crippen LogP contribution in [0.5, 0.6) is 0 Å². The smallest absolute Gasteiger partial charge is 0.255 e. The van der Waals surface area contributed by atoms with Gasteiger partial charge in [0.1, 0.15) is 0 Å². The summed E-state index contributed by atoms with van der Waals surface area (Å²) in [6, 6.07) is 4.36. The van der Waals surface area contributed by atoms with E-state index in [2.05, 4.69) is 0 Å². The van der Waals surface area contributed by atoms with Gasteiger partial charge >= 0.3 is 0 Å². The van der Waals surface area contributed by atoms with Gasteiger partial charge in [-0.3, -0.25) is 9.59 Å². The van der Waals surface area contributed by atoms with E-state index in [1.807, 2.05) is 6.26 Å². The number of nitrogens with zero attached hydrogens (tertiary/aromatic N) is 2. The van der Waals surface area contributed by atoms with E-state index in [0.717, 1.165) is 5.75 Å². The van der Waals surface area contributed by atoms with Crippen LogP contribution in [0.2, 0.25) is 10.0 Å². The molecule has 0 bridgehead atoms. The fraction of sp³-hybridized carbons (Fsp3) is 0.500. The number of amides is 2. The van der Waals surface area contributed by atoms with E-state index in [1.165, 1.54) is 0 Å². The first-order valence-corrected chi connectivity index (χ1v) is 9.86. The molecular formula is C16H22Cl3N3O2S. The third-order valence-electron chi connectivity index (χ3n) is 3.99. The van der Waals surface area contributed by atoms with Crippen LogP contribution in [0.15, 0.2) is 18.2 Å². The fourth-order valence-corrected chi connectivity index (χ4v) is 3.54. The summed E-state index contributed by atoms with van der Waals surface area (Å²) in [7, 11) is 0. The number of benzene rings is 1. The van der Waals surface area contributed by atoms with Crippen molar-refractivity contribution in [1.82, 2.24) is 9.80 Å². The minimum atomic E-state index is -0.467. The highest BCUT2D eigenvalue weighted by Crippen LogP contribution is 2.23. The summed E-state index contributed by atoms with van der Waals surface area (Å²) >= 11 is 13.6. The second-order valence-corrected chi connectivity index (χ2v) is 7.46. The largest absolute Gasteiger partial charge is 0.338 e. The van der Waals surface area contributed by atoms with Crippen molar-refractivity contribution in [2.24, 2.45) is 5.73 Å². The van der Waals surface area contributed by atoms with Crippen molar-refractivity contribution in [2.45, 2.75) is 12.5 Å². The molecule has 1 atom stereocenters. The third kappa shape index (κ3) is 5.93. The summed E-state index contributed by atoms with van der Waals surface area (Å²) in [5, 5.41) is 0.830. The first-order valence-electron chi connectivity index (χ1n) is 7.71. The Morgan fingerprint density at radius 2 is 1.80 bits per heavy atom. The Kier molecular flexibility index (Phi) is 9.38. The molecular weight excluding hydrogens is 405 g/mol. The molecule has 2 amide bonds. The number of halogens is 3. The minimum Gasteiger partial charge on any atom is -0.338 e. The predicted octanol–water partition coefficient (Wildman–Crippen LogP) is 2.78. The lowest BCUT2D eigenvalue weighted by molar-refractivity contribution is -0.134. The zero-order chi connectivity index (χ0) is 17.7. The first kappa shape index (κ1) is 22.4. The van der Waals surface area contributed by atoms with Crippen molar-refractivity contribution in [3.05, 3.63) is 33.8 Å². The molecule has 25 heavy (non-hydrogen) atoms. The molecule has 2 rings (SSSR count). The highest BCUT2D eigenvalue weighted by Gasteiger charge is 2.28. The predicted molar refractivity (Wildman–Crippen MR) is 107 cm³/mol. The van der Waals surface area contributed by atoms with Crippen LogP contribution in [0.25, 0.3) is 0 Å². The molecule has 0 spiro atoms. The van der Waals surface area contributed by atoms with Crippen molar-refractivity contribution < 1.29 is 9.59 Å². The Labute approximate surface area is 168 Å². The van der Waals surface area contributed by atoms with Gasteiger partial charge in [0.2, 0.25) is 5.91 Å². The zero-order valence-corrected chi connectivity index (χ0v) is 17.1. The molecule has 0 aromatic heterocycles. The molecule has 1 aliphatic heterocycles. The van der Waals surface area contributed by atoms with Crippen molar-refractivity contribution in [1.29, 1.82) is 0 Å². The van der Waals surface area contributed by atoms with Gasteiger partial charge in [-0.15, -0.1) is 12.4 Å². The summed E-state index contributed by atoms with van der Waals surface area (Å²) in [5.41, 5.74) is 6.37. The van der Waals surface area contributed by atoms with Crippen molar-refractivity contribution in [3.63, 3.8) is 0 Å². The van der Waals surface area contributed by atoms with E-state index in [9.17, 15) is 9.59 Å². The summed E-state index contributed by atoms with van der Waals surface area (Å²) in [6.07, 6.45) is 2.66. The minimum absolute atomic E-state index is 0. The maximum absolute atomic E-state index is 12.6. The van der Waals surface area contributed by atoms with Crippen LogP contribution < -0.4 is 5.73 Å².